The molecule has 0 aliphatic rings. The smallest absolute Gasteiger partial charge is 0.0708 e. The fourth-order valence-corrected chi connectivity index (χ4v) is 2.11. The minimum atomic E-state index is 0.103. The zero-order chi connectivity index (χ0) is 11.9. The van der Waals surface area contributed by atoms with Crippen LogP contribution in [-0.2, 0) is 5.41 Å². The first-order valence-corrected chi connectivity index (χ1v) is 6.24. The van der Waals surface area contributed by atoms with Gasteiger partial charge in [0.25, 0.3) is 0 Å². The van der Waals surface area contributed by atoms with Gasteiger partial charge in [-0.15, -0.1) is 0 Å². The molecule has 1 heterocycles. The normalized spacial score (nSPS) is 12.1. The molecular formula is C14H16BrN. The van der Waals surface area contributed by atoms with Crippen molar-refractivity contribution in [3.05, 3.63) is 40.0 Å². The second kappa shape index (κ2) is 3.85. The largest absolute Gasteiger partial charge is 0.252 e. The van der Waals surface area contributed by atoms with Gasteiger partial charge in [0.1, 0.15) is 0 Å². The Bertz CT molecular complexity index is 538. The van der Waals surface area contributed by atoms with Crippen molar-refractivity contribution in [1.82, 2.24) is 4.98 Å². The fourth-order valence-electron chi connectivity index (χ4n) is 1.75. The molecule has 1 aromatic heterocycles. The van der Waals surface area contributed by atoms with Gasteiger partial charge in [-0.25, -0.2) is 0 Å². The average Bonchev–Trinajstić information content (AvgIpc) is 2.17. The lowest BCUT2D eigenvalue weighted by atomic mass is 9.90. The monoisotopic (exact) mass is 277 g/mol. The lowest BCUT2D eigenvalue weighted by molar-refractivity contribution is 0.571. The number of halogens is 1. The Kier molecular flexibility index (Phi) is 2.79. The van der Waals surface area contributed by atoms with Crippen molar-refractivity contribution >= 4 is 26.8 Å². The molecule has 0 saturated heterocycles. The van der Waals surface area contributed by atoms with Crippen LogP contribution < -0.4 is 0 Å². The summed E-state index contributed by atoms with van der Waals surface area (Å²) >= 11 is 3.50. The molecule has 0 radical (unpaired) electrons. The van der Waals surface area contributed by atoms with Gasteiger partial charge in [0.2, 0.25) is 0 Å². The van der Waals surface area contributed by atoms with Gasteiger partial charge in [0, 0.05) is 21.0 Å². The summed E-state index contributed by atoms with van der Waals surface area (Å²) in [5, 5.41) is 1.22. The molecule has 2 aromatic rings. The summed E-state index contributed by atoms with van der Waals surface area (Å²) < 4.78 is 1.11. The Morgan fingerprint density at radius 3 is 2.44 bits per heavy atom. The third-order valence-corrected chi connectivity index (χ3v) is 3.24. The fraction of sp³-hybridized carbons (Fsp3) is 0.357. The van der Waals surface area contributed by atoms with Crippen molar-refractivity contribution in [1.29, 1.82) is 0 Å². The number of aryl methyl sites for hydroxylation is 1. The van der Waals surface area contributed by atoms with Crippen LogP contribution in [0, 0.1) is 6.92 Å². The number of rotatable bonds is 0. The Morgan fingerprint density at radius 2 is 1.81 bits per heavy atom. The van der Waals surface area contributed by atoms with E-state index in [4.69, 9.17) is 4.98 Å². The van der Waals surface area contributed by atoms with Crippen molar-refractivity contribution in [2.24, 2.45) is 0 Å². The summed E-state index contributed by atoms with van der Waals surface area (Å²) in [6.07, 6.45) is 0. The Hall–Kier alpha value is -0.890. The Morgan fingerprint density at radius 1 is 1.12 bits per heavy atom. The van der Waals surface area contributed by atoms with Crippen molar-refractivity contribution < 1.29 is 0 Å². The van der Waals surface area contributed by atoms with Gasteiger partial charge in [-0.1, -0.05) is 36.7 Å². The van der Waals surface area contributed by atoms with E-state index in [9.17, 15) is 0 Å². The molecule has 0 saturated carbocycles. The molecule has 84 valence electrons. The summed E-state index contributed by atoms with van der Waals surface area (Å²) in [5.41, 5.74) is 3.62. The summed E-state index contributed by atoms with van der Waals surface area (Å²) in [5.74, 6) is 0. The second-order valence-corrected chi connectivity index (χ2v) is 6.15. The lowest BCUT2D eigenvalue weighted by Crippen LogP contribution is -2.13. The van der Waals surface area contributed by atoms with E-state index in [0.29, 0.717) is 0 Å². The van der Waals surface area contributed by atoms with Crippen molar-refractivity contribution in [3.63, 3.8) is 0 Å². The van der Waals surface area contributed by atoms with E-state index in [0.717, 1.165) is 15.7 Å². The first-order valence-electron chi connectivity index (χ1n) is 5.45. The molecule has 2 heteroatoms. The van der Waals surface area contributed by atoms with E-state index in [1.807, 2.05) is 6.07 Å². The molecule has 0 amide bonds. The van der Waals surface area contributed by atoms with E-state index in [1.165, 1.54) is 10.9 Å². The Labute approximate surface area is 105 Å². The second-order valence-electron chi connectivity index (χ2n) is 5.24. The van der Waals surface area contributed by atoms with E-state index in [1.54, 1.807) is 0 Å². The van der Waals surface area contributed by atoms with Gasteiger partial charge in [0.05, 0.1) is 5.52 Å². The SMILES string of the molecule is Cc1cc(C(C)(C)C)nc2ccc(Br)cc12. The average molecular weight is 278 g/mol. The van der Waals surface area contributed by atoms with Crippen molar-refractivity contribution in [2.45, 2.75) is 33.1 Å². The van der Waals surface area contributed by atoms with E-state index in [-0.39, 0.29) is 5.41 Å². The van der Waals surface area contributed by atoms with Gasteiger partial charge in [-0.05, 0) is 36.8 Å². The van der Waals surface area contributed by atoms with Crippen molar-refractivity contribution in [2.75, 3.05) is 0 Å². The van der Waals surface area contributed by atoms with Crippen LogP contribution in [0.25, 0.3) is 10.9 Å². The van der Waals surface area contributed by atoms with E-state index in [2.05, 4.69) is 61.8 Å². The summed E-state index contributed by atoms with van der Waals surface area (Å²) in [6, 6.07) is 8.43. The van der Waals surface area contributed by atoms with Crippen LogP contribution in [0.4, 0.5) is 0 Å². The number of hydrogen-bond acceptors (Lipinski definition) is 1. The van der Waals surface area contributed by atoms with Crippen LogP contribution in [0.2, 0.25) is 0 Å². The van der Waals surface area contributed by atoms with Crippen LogP contribution in [-0.4, -0.2) is 4.98 Å². The number of aromatic nitrogens is 1. The van der Waals surface area contributed by atoms with Crippen LogP contribution in [0.1, 0.15) is 32.0 Å². The molecule has 0 bridgehead atoms. The molecule has 16 heavy (non-hydrogen) atoms. The molecule has 0 aliphatic heterocycles. The third kappa shape index (κ3) is 2.12. The van der Waals surface area contributed by atoms with Crippen LogP contribution in [0.3, 0.4) is 0 Å². The highest BCUT2D eigenvalue weighted by molar-refractivity contribution is 9.10. The van der Waals surface area contributed by atoms with Crippen LogP contribution >= 0.6 is 15.9 Å². The molecule has 1 aromatic carbocycles. The molecule has 2 rings (SSSR count). The maximum absolute atomic E-state index is 4.73. The van der Waals surface area contributed by atoms with Gasteiger partial charge < -0.3 is 0 Å². The molecule has 0 N–H and O–H groups in total. The zero-order valence-electron chi connectivity index (χ0n) is 10.1. The van der Waals surface area contributed by atoms with E-state index >= 15 is 0 Å². The van der Waals surface area contributed by atoms with Crippen molar-refractivity contribution in [3.8, 4) is 0 Å². The molecule has 0 unspecified atom stereocenters. The van der Waals surface area contributed by atoms with Gasteiger partial charge in [-0.2, -0.15) is 0 Å². The summed E-state index contributed by atoms with van der Waals surface area (Å²) in [6.45, 7) is 8.73. The summed E-state index contributed by atoms with van der Waals surface area (Å²) in [7, 11) is 0. The maximum Gasteiger partial charge on any atom is 0.0708 e. The number of pyridine rings is 1. The highest BCUT2D eigenvalue weighted by Gasteiger charge is 2.16. The quantitative estimate of drug-likeness (QED) is 0.686. The maximum atomic E-state index is 4.73. The molecule has 0 aliphatic carbocycles. The molecule has 1 nitrogen and oxygen atoms in total. The molecule has 0 fully saturated rings. The molecule has 0 atom stereocenters. The number of benzene rings is 1. The number of nitrogens with zero attached hydrogens (tertiary/aromatic N) is 1. The molecule has 0 spiro atoms. The minimum absolute atomic E-state index is 0.103. The van der Waals surface area contributed by atoms with Crippen LogP contribution in [0.15, 0.2) is 28.7 Å². The Balaban J connectivity index is 2.74. The zero-order valence-corrected chi connectivity index (χ0v) is 11.7. The topological polar surface area (TPSA) is 12.9 Å². The number of fused-ring (bicyclic) bond motifs is 1. The standard InChI is InChI=1S/C14H16BrN/c1-9-7-13(14(2,3)4)16-12-6-5-10(15)8-11(9)12/h5-8H,1-4H3. The van der Waals surface area contributed by atoms with Crippen LogP contribution in [0.5, 0.6) is 0 Å². The highest BCUT2D eigenvalue weighted by Crippen LogP contribution is 2.27. The first-order chi connectivity index (χ1) is 7.38. The molecular weight excluding hydrogens is 262 g/mol. The highest BCUT2D eigenvalue weighted by atomic mass is 79.9. The predicted molar refractivity (Wildman–Crippen MR) is 72.9 cm³/mol. The van der Waals surface area contributed by atoms with Gasteiger partial charge >= 0.3 is 0 Å². The van der Waals surface area contributed by atoms with Gasteiger partial charge in [0.15, 0.2) is 0 Å². The number of hydrogen-bond donors (Lipinski definition) is 0. The minimum Gasteiger partial charge on any atom is -0.252 e. The van der Waals surface area contributed by atoms with E-state index < -0.39 is 0 Å². The predicted octanol–water partition coefficient (Wildman–Crippen LogP) is 4.60. The first kappa shape index (κ1) is 11.6. The van der Waals surface area contributed by atoms with Gasteiger partial charge in [-0.3, -0.25) is 4.98 Å². The third-order valence-electron chi connectivity index (χ3n) is 2.75. The summed E-state index contributed by atoms with van der Waals surface area (Å²) in [4.78, 5) is 4.73. The lowest BCUT2D eigenvalue weighted by Gasteiger charge is -2.19.